The zero-order valence-corrected chi connectivity index (χ0v) is 19.8. The van der Waals surface area contributed by atoms with Gasteiger partial charge in [-0.15, -0.1) is 0 Å². The number of hydrogen-bond acceptors (Lipinski definition) is 7. The molecule has 0 aromatic heterocycles. The van der Waals surface area contributed by atoms with Crippen molar-refractivity contribution in [2.24, 2.45) is 5.92 Å². The molecule has 2 aromatic carbocycles. The fraction of sp³-hybridized carbons (Fsp3) is 0.364. The van der Waals surface area contributed by atoms with Crippen LogP contribution >= 0.6 is 0 Å². The van der Waals surface area contributed by atoms with Gasteiger partial charge in [-0.3, -0.25) is 10.1 Å². The van der Waals surface area contributed by atoms with Crippen molar-refractivity contribution in [2.45, 2.75) is 25.2 Å². The smallest absolute Gasteiger partial charge is 0.411 e. The van der Waals surface area contributed by atoms with E-state index in [0.717, 1.165) is 0 Å². The first kappa shape index (κ1) is 25.9. The summed E-state index contributed by atoms with van der Waals surface area (Å²) in [6, 6.07) is 10.7. The number of amides is 2. The van der Waals surface area contributed by atoms with Gasteiger partial charge < -0.3 is 19.5 Å². The number of methoxy groups -OCH3 is 2. The summed E-state index contributed by atoms with van der Waals surface area (Å²) in [6.45, 7) is 4.04. The van der Waals surface area contributed by atoms with E-state index in [0.29, 0.717) is 23.7 Å². The Morgan fingerprint density at radius 1 is 0.939 bits per heavy atom. The van der Waals surface area contributed by atoms with Gasteiger partial charge in [-0.1, -0.05) is 19.9 Å². The minimum atomic E-state index is -3.85. The normalized spacial score (nSPS) is 11.1. The number of benzene rings is 2. The van der Waals surface area contributed by atoms with E-state index in [1.165, 1.54) is 32.4 Å². The van der Waals surface area contributed by atoms with Crippen LogP contribution in [-0.2, 0) is 19.6 Å². The van der Waals surface area contributed by atoms with E-state index in [2.05, 4.69) is 15.4 Å². The number of nitrogens with one attached hydrogen (secondary N) is 3. The third-order valence-corrected chi connectivity index (χ3v) is 5.71. The predicted octanol–water partition coefficient (Wildman–Crippen LogP) is 3.22. The molecule has 0 bridgehead atoms. The molecule has 2 aromatic rings. The number of hydrogen-bond donors (Lipinski definition) is 3. The number of carbonyl (C=O) groups is 2. The number of sulfonamides is 1. The Morgan fingerprint density at radius 2 is 1.61 bits per heavy atom. The summed E-state index contributed by atoms with van der Waals surface area (Å²) in [5.74, 6) is 0.496. The average molecular weight is 480 g/mol. The molecule has 0 heterocycles. The summed E-state index contributed by atoms with van der Waals surface area (Å²) in [4.78, 5) is 24.0. The molecule has 3 N–H and O–H groups in total. The maximum absolute atomic E-state index is 12.5. The largest absolute Gasteiger partial charge is 0.493 e. The minimum Gasteiger partial charge on any atom is -0.493 e. The molecule has 10 nitrogen and oxygen atoms in total. The van der Waals surface area contributed by atoms with Gasteiger partial charge >= 0.3 is 6.09 Å². The Hall–Kier alpha value is -3.31. The first-order valence-electron chi connectivity index (χ1n) is 10.2. The van der Waals surface area contributed by atoms with Crippen LogP contribution in [0.4, 0.5) is 16.2 Å². The second-order valence-corrected chi connectivity index (χ2v) is 9.18. The van der Waals surface area contributed by atoms with E-state index >= 15 is 0 Å². The van der Waals surface area contributed by atoms with E-state index in [1.54, 1.807) is 24.3 Å². The van der Waals surface area contributed by atoms with Gasteiger partial charge in [-0.05, 0) is 36.2 Å². The molecular formula is C22H29N3O7S. The van der Waals surface area contributed by atoms with Crippen LogP contribution in [0.5, 0.6) is 11.5 Å². The molecule has 0 spiro atoms. The van der Waals surface area contributed by atoms with Crippen LogP contribution in [-0.4, -0.2) is 47.8 Å². The number of rotatable bonds is 11. The third-order valence-electron chi connectivity index (χ3n) is 4.25. The second-order valence-electron chi connectivity index (χ2n) is 7.41. The summed E-state index contributed by atoms with van der Waals surface area (Å²) in [7, 11) is -0.986. The van der Waals surface area contributed by atoms with Crippen molar-refractivity contribution < 1.29 is 32.2 Å². The monoisotopic (exact) mass is 479 g/mol. The number of anilines is 2. The van der Waals surface area contributed by atoms with Crippen molar-refractivity contribution in [3.05, 3.63) is 42.5 Å². The lowest BCUT2D eigenvalue weighted by Crippen LogP contribution is -2.28. The van der Waals surface area contributed by atoms with E-state index in [-0.39, 0.29) is 29.5 Å². The highest BCUT2D eigenvalue weighted by molar-refractivity contribution is 7.89. The van der Waals surface area contributed by atoms with E-state index in [9.17, 15) is 18.0 Å². The standard InChI is InChI=1S/C22H29N3O7S/c1-15(2)14-32-22(27)25-17-7-5-6-16(12-17)24-21(26)10-11-23-33(28,29)18-8-9-19(30-3)20(13-18)31-4/h5-9,12-13,15,23H,10-11,14H2,1-4H3,(H,24,26)(H,25,27). The van der Waals surface area contributed by atoms with Crippen molar-refractivity contribution in [3.8, 4) is 11.5 Å². The first-order valence-corrected chi connectivity index (χ1v) is 11.7. The van der Waals surface area contributed by atoms with Crippen LogP contribution in [0.25, 0.3) is 0 Å². The molecule has 0 radical (unpaired) electrons. The van der Waals surface area contributed by atoms with Gasteiger partial charge in [0.25, 0.3) is 0 Å². The number of ether oxygens (including phenoxy) is 3. The van der Waals surface area contributed by atoms with Crippen LogP contribution in [0.3, 0.4) is 0 Å². The third kappa shape index (κ3) is 8.28. The van der Waals surface area contributed by atoms with E-state index < -0.39 is 22.0 Å². The summed E-state index contributed by atoms with van der Waals surface area (Å²) >= 11 is 0. The molecule has 0 aliphatic carbocycles. The van der Waals surface area contributed by atoms with Crippen molar-refractivity contribution in [2.75, 3.05) is 38.0 Å². The fourth-order valence-electron chi connectivity index (χ4n) is 2.66. The molecule has 33 heavy (non-hydrogen) atoms. The highest BCUT2D eigenvalue weighted by Crippen LogP contribution is 2.29. The lowest BCUT2D eigenvalue weighted by molar-refractivity contribution is -0.116. The Bertz CT molecular complexity index is 1070. The molecule has 0 aliphatic heterocycles. The lowest BCUT2D eigenvalue weighted by Gasteiger charge is -2.12. The van der Waals surface area contributed by atoms with Gasteiger partial charge in [-0.2, -0.15) is 0 Å². The van der Waals surface area contributed by atoms with Crippen LogP contribution in [0.15, 0.2) is 47.4 Å². The zero-order valence-electron chi connectivity index (χ0n) is 19.0. The molecule has 2 rings (SSSR count). The van der Waals surface area contributed by atoms with Crippen molar-refractivity contribution in [3.63, 3.8) is 0 Å². The Kier molecular flexibility index (Phi) is 9.49. The highest BCUT2D eigenvalue weighted by atomic mass is 32.2. The zero-order chi connectivity index (χ0) is 24.4. The molecule has 0 saturated carbocycles. The van der Waals surface area contributed by atoms with E-state index in [4.69, 9.17) is 14.2 Å². The van der Waals surface area contributed by atoms with Crippen LogP contribution in [0, 0.1) is 5.92 Å². The second kappa shape index (κ2) is 12.1. The highest BCUT2D eigenvalue weighted by Gasteiger charge is 2.17. The molecule has 0 atom stereocenters. The van der Waals surface area contributed by atoms with Gasteiger partial charge in [0.2, 0.25) is 15.9 Å². The topological polar surface area (TPSA) is 132 Å². The maximum Gasteiger partial charge on any atom is 0.411 e. The first-order chi connectivity index (χ1) is 15.6. The van der Waals surface area contributed by atoms with Crippen molar-refractivity contribution in [1.82, 2.24) is 4.72 Å². The Balaban J connectivity index is 1.88. The SMILES string of the molecule is COc1ccc(S(=O)(=O)NCCC(=O)Nc2cccc(NC(=O)OCC(C)C)c2)cc1OC. The molecule has 0 unspecified atom stereocenters. The Labute approximate surface area is 193 Å². The minimum absolute atomic E-state index is 0.0105. The molecule has 180 valence electrons. The lowest BCUT2D eigenvalue weighted by atomic mass is 10.2. The van der Waals surface area contributed by atoms with Crippen LogP contribution < -0.4 is 24.8 Å². The van der Waals surface area contributed by atoms with Gasteiger partial charge in [0, 0.05) is 30.4 Å². The van der Waals surface area contributed by atoms with Gasteiger partial charge in [-0.25, -0.2) is 17.9 Å². The van der Waals surface area contributed by atoms with Crippen LogP contribution in [0.2, 0.25) is 0 Å². The van der Waals surface area contributed by atoms with Crippen molar-refractivity contribution in [1.29, 1.82) is 0 Å². The van der Waals surface area contributed by atoms with Gasteiger partial charge in [0.15, 0.2) is 11.5 Å². The fourth-order valence-corrected chi connectivity index (χ4v) is 3.71. The van der Waals surface area contributed by atoms with Gasteiger partial charge in [0.05, 0.1) is 25.7 Å². The molecular weight excluding hydrogens is 450 g/mol. The molecule has 2 amide bonds. The van der Waals surface area contributed by atoms with Gasteiger partial charge in [0.1, 0.15) is 0 Å². The molecule has 0 aliphatic rings. The van der Waals surface area contributed by atoms with E-state index in [1.807, 2.05) is 13.8 Å². The quantitative estimate of drug-likeness (QED) is 0.451. The maximum atomic E-state index is 12.5. The molecule has 0 saturated heterocycles. The average Bonchev–Trinajstić information content (AvgIpc) is 2.77. The summed E-state index contributed by atoms with van der Waals surface area (Å²) < 4.78 is 42.6. The Morgan fingerprint density at radius 3 is 2.24 bits per heavy atom. The predicted molar refractivity (Wildman–Crippen MR) is 124 cm³/mol. The molecule has 11 heteroatoms. The van der Waals surface area contributed by atoms with Crippen molar-refractivity contribution >= 4 is 33.4 Å². The number of carbonyl (C=O) groups excluding carboxylic acids is 2. The summed E-state index contributed by atoms with van der Waals surface area (Å²) in [6.07, 6.45) is -0.683. The summed E-state index contributed by atoms with van der Waals surface area (Å²) in [5.41, 5.74) is 0.903. The molecule has 0 fully saturated rings. The summed E-state index contributed by atoms with van der Waals surface area (Å²) in [5, 5.41) is 5.25. The van der Waals surface area contributed by atoms with Crippen LogP contribution in [0.1, 0.15) is 20.3 Å².